The smallest absolute Gasteiger partial charge is 0.307 e. The molecule has 2 amide bonds. The molecule has 0 radical (unpaired) electrons. The van der Waals surface area contributed by atoms with Crippen molar-refractivity contribution < 1.29 is 19.1 Å². The number of hydrogen-bond donors (Lipinski definition) is 3. The Hall–Kier alpha value is -4.21. The summed E-state index contributed by atoms with van der Waals surface area (Å²) in [4.78, 5) is 42.3. The summed E-state index contributed by atoms with van der Waals surface area (Å²) in [5, 5.41) is 10.3. The fourth-order valence-corrected chi connectivity index (χ4v) is 3.43. The first kappa shape index (κ1) is 24.4. The number of carbonyl (C=O) groups excluding carboxylic acids is 3. The van der Waals surface area contributed by atoms with E-state index in [4.69, 9.17) is 16.1 Å². The Balaban J connectivity index is 1.95. The van der Waals surface area contributed by atoms with Crippen LogP contribution in [-0.2, 0) is 20.9 Å². The van der Waals surface area contributed by atoms with E-state index in [0.29, 0.717) is 29.0 Å². The highest BCUT2D eigenvalue weighted by atomic mass is 16.5. The number of hydrogen-bond acceptors (Lipinski definition) is 6. The number of nitrogens with two attached hydrogens (primary N) is 1. The number of rotatable bonds is 9. The number of carbonyl (C=O) groups is 3. The Labute approximate surface area is 197 Å². The van der Waals surface area contributed by atoms with E-state index < -0.39 is 5.97 Å². The minimum Gasteiger partial charge on any atom is -0.469 e. The third-order valence-corrected chi connectivity index (χ3v) is 5.35. The zero-order valence-electron chi connectivity index (χ0n) is 19.4. The van der Waals surface area contributed by atoms with Crippen molar-refractivity contribution in [3.63, 3.8) is 0 Å². The number of fused-ring (bicyclic) bond motifs is 1. The van der Waals surface area contributed by atoms with Crippen LogP contribution in [0.2, 0.25) is 0 Å². The van der Waals surface area contributed by atoms with Gasteiger partial charge in [-0.05, 0) is 18.2 Å². The van der Waals surface area contributed by atoms with Gasteiger partial charge in [-0.1, -0.05) is 24.3 Å². The van der Waals surface area contributed by atoms with Crippen LogP contribution in [0.3, 0.4) is 0 Å². The number of methoxy groups -OCH3 is 1. The van der Waals surface area contributed by atoms with Crippen molar-refractivity contribution in [1.29, 1.82) is 5.41 Å². The molecule has 4 N–H and O–H groups in total. The van der Waals surface area contributed by atoms with Crippen molar-refractivity contribution >= 4 is 34.7 Å². The molecule has 0 aliphatic carbocycles. The SMILES string of the molecule is COC(=O)CCNC(=O)c1ccc2c(c1)nc(-c1ccc(C(=N)N)cc1)n2CCC(=O)N(C)C. The third kappa shape index (κ3) is 5.58. The van der Waals surface area contributed by atoms with Gasteiger partial charge in [-0.15, -0.1) is 0 Å². The predicted octanol–water partition coefficient (Wildman–Crippen LogP) is 1.76. The predicted molar refractivity (Wildman–Crippen MR) is 128 cm³/mol. The molecular weight excluding hydrogens is 436 g/mol. The normalized spacial score (nSPS) is 10.7. The molecule has 3 aromatic rings. The van der Waals surface area contributed by atoms with Crippen LogP contribution >= 0.6 is 0 Å². The molecule has 0 unspecified atom stereocenters. The molecule has 3 rings (SSSR count). The van der Waals surface area contributed by atoms with Crippen LogP contribution in [0, 0.1) is 5.41 Å². The van der Waals surface area contributed by atoms with E-state index >= 15 is 0 Å². The van der Waals surface area contributed by atoms with Crippen molar-refractivity contribution in [1.82, 2.24) is 19.8 Å². The van der Waals surface area contributed by atoms with E-state index in [0.717, 1.165) is 11.1 Å². The van der Waals surface area contributed by atoms with Crippen molar-refractivity contribution in [2.75, 3.05) is 27.7 Å². The maximum atomic E-state index is 12.5. The molecule has 1 aromatic heterocycles. The number of amidine groups is 1. The maximum Gasteiger partial charge on any atom is 0.307 e. The van der Waals surface area contributed by atoms with Crippen molar-refractivity contribution in [3.8, 4) is 11.4 Å². The number of nitrogens with one attached hydrogen (secondary N) is 2. The van der Waals surface area contributed by atoms with Crippen LogP contribution < -0.4 is 11.1 Å². The van der Waals surface area contributed by atoms with E-state index in [1.165, 1.54) is 12.0 Å². The van der Waals surface area contributed by atoms with Gasteiger partial charge >= 0.3 is 5.97 Å². The van der Waals surface area contributed by atoms with Crippen LogP contribution in [0.5, 0.6) is 0 Å². The van der Waals surface area contributed by atoms with Gasteiger partial charge in [0.2, 0.25) is 5.91 Å². The Morgan fingerprint density at radius 1 is 1.09 bits per heavy atom. The molecule has 0 spiro atoms. The Morgan fingerprint density at radius 3 is 2.38 bits per heavy atom. The summed E-state index contributed by atoms with van der Waals surface area (Å²) in [5.74, 6) is -0.126. The average molecular weight is 465 g/mol. The van der Waals surface area contributed by atoms with Gasteiger partial charge in [-0.25, -0.2) is 4.98 Å². The quantitative estimate of drug-likeness (QED) is 0.250. The van der Waals surface area contributed by atoms with Gasteiger partial charge in [0.05, 0.1) is 24.6 Å². The van der Waals surface area contributed by atoms with E-state index in [-0.39, 0.29) is 37.0 Å². The lowest BCUT2D eigenvalue weighted by Gasteiger charge is -2.13. The largest absolute Gasteiger partial charge is 0.469 e. The van der Waals surface area contributed by atoms with Gasteiger partial charge in [-0.2, -0.15) is 0 Å². The van der Waals surface area contributed by atoms with Crippen molar-refractivity contribution in [3.05, 3.63) is 53.6 Å². The number of nitrogen functional groups attached to an aromatic ring is 1. The maximum absolute atomic E-state index is 12.5. The van der Waals surface area contributed by atoms with Crippen LogP contribution in [0.1, 0.15) is 28.8 Å². The molecule has 0 fully saturated rings. The zero-order valence-corrected chi connectivity index (χ0v) is 19.4. The molecule has 34 heavy (non-hydrogen) atoms. The standard InChI is InChI=1S/C24H28N6O4/c1-29(2)20(31)11-13-30-19-9-8-17(24(33)27-12-10-21(32)34-3)14-18(19)28-23(30)16-6-4-15(5-7-16)22(25)26/h4-9,14H,10-13H2,1-3H3,(H3,25,26)(H,27,33). The topological polar surface area (TPSA) is 143 Å². The molecule has 2 aromatic carbocycles. The molecule has 0 saturated carbocycles. The molecule has 10 nitrogen and oxygen atoms in total. The molecule has 0 saturated heterocycles. The highest BCUT2D eigenvalue weighted by molar-refractivity contribution is 5.98. The van der Waals surface area contributed by atoms with Gasteiger partial charge in [0.1, 0.15) is 11.7 Å². The summed E-state index contributed by atoms with van der Waals surface area (Å²) in [6, 6.07) is 12.3. The number of ether oxygens (including phenoxy) is 1. The first-order valence-corrected chi connectivity index (χ1v) is 10.7. The van der Waals surface area contributed by atoms with Crippen LogP contribution in [-0.4, -0.2) is 65.8 Å². The minimum absolute atomic E-state index is 0.0127. The highest BCUT2D eigenvalue weighted by Crippen LogP contribution is 2.26. The number of esters is 1. The second-order valence-electron chi connectivity index (χ2n) is 7.90. The Kier molecular flexibility index (Phi) is 7.62. The van der Waals surface area contributed by atoms with Gasteiger partial charge in [0.25, 0.3) is 5.91 Å². The van der Waals surface area contributed by atoms with Gasteiger partial charge in [0, 0.05) is 50.3 Å². The van der Waals surface area contributed by atoms with E-state index in [2.05, 4.69) is 10.1 Å². The summed E-state index contributed by atoms with van der Waals surface area (Å²) in [5.41, 5.74) is 8.74. The van der Waals surface area contributed by atoms with E-state index in [9.17, 15) is 14.4 Å². The van der Waals surface area contributed by atoms with E-state index in [1.54, 1.807) is 44.4 Å². The van der Waals surface area contributed by atoms with Gasteiger partial charge in [-0.3, -0.25) is 19.8 Å². The molecule has 0 bridgehead atoms. The molecular formula is C24H28N6O4. The average Bonchev–Trinajstić information content (AvgIpc) is 3.19. The number of benzene rings is 2. The Morgan fingerprint density at radius 2 is 1.76 bits per heavy atom. The third-order valence-electron chi connectivity index (χ3n) is 5.35. The van der Waals surface area contributed by atoms with Gasteiger partial charge < -0.3 is 25.3 Å². The van der Waals surface area contributed by atoms with E-state index in [1.807, 2.05) is 16.7 Å². The summed E-state index contributed by atoms with van der Waals surface area (Å²) >= 11 is 0. The van der Waals surface area contributed by atoms with Gasteiger partial charge in [0.15, 0.2) is 0 Å². The van der Waals surface area contributed by atoms with Crippen LogP contribution in [0.15, 0.2) is 42.5 Å². The van der Waals surface area contributed by atoms with Crippen molar-refractivity contribution in [2.45, 2.75) is 19.4 Å². The fourth-order valence-electron chi connectivity index (χ4n) is 3.43. The summed E-state index contributed by atoms with van der Waals surface area (Å²) < 4.78 is 6.52. The molecule has 178 valence electrons. The summed E-state index contributed by atoms with van der Waals surface area (Å²) in [7, 11) is 4.72. The lowest BCUT2D eigenvalue weighted by molar-refractivity contribution is -0.140. The molecule has 0 atom stereocenters. The lowest BCUT2D eigenvalue weighted by atomic mass is 10.1. The van der Waals surface area contributed by atoms with Crippen molar-refractivity contribution in [2.24, 2.45) is 5.73 Å². The zero-order chi connectivity index (χ0) is 24.8. The highest BCUT2D eigenvalue weighted by Gasteiger charge is 2.17. The first-order chi connectivity index (χ1) is 16.2. The fraction of sp³-hybridized carbons (Fsp3) is 0.292. The molecule has 0 aliphatic rings. The first-order valence-electron chi connectivity index (χ1n) is 10.7. The number of amides is 2. The minimum atomic E-state index is -0.401. The summed E-state index contributed by atoms with van der Waals surface area (Å²) in [6.07, 6.45) is 0.367. The summed E-state index contributed by atoms with van der Waals surface area (Å²) in [6.45, 7) is 0.570. The van der Waals surface area contributed by atoms with Crippen LogP contribution in [0.4, 0.5) is 0 Å². The molecule has 0 aliphatic heterocycles. The second kappa shape index (κ2) is 10.6. The monoisotopic (exact) mass is 464 g/mol. The number of aromatic nitrogens is 2. The second-order valence-corrected chi connectivity index (χ2v) is 7.90. The Bertz CT molecular complexity index is 1230. The molecule has 10 heteroatoms. The number of aryl methyl sites for hydroxylation is 1. The van der Waals surface area contributed by atoms with Crippen LogP contribution in [0.25, 0.3) is 22.4 Å². The molecule has 1 heterocycles. The number of nitrogens with zero attached hydrogens (tertiary/aromatic N) is 3. The lowest BCUT2D eigenvalue weighted by Crippen LogP contribution is -2.26. The number of imidazole rings is 1.